The summed E-state index contributed by atoms with van der Waals surface area (Å²) in [6, 6.07) is 7.82. The number of rotatable bonds is 2. The summed E-state index contributed by atoms with van der Waals surface area (Å²) in [6.07, 6.45) is 0.673. The molecule has 0 amide bonds. The molecule has 4 heteroatoms. The van der Waals surface area contributed by atoms with E-state index in [0.29, 0.717) is 5.92 Å². The third-order valence-electron chi connectivity index (χ3n) is 3.64. The number of aliphatic hydroxyl groups is 1. The van der Waals surface area contributed by atoms with Crippen LogP contribution in [0.4, 0.5) is 0 Å². The fourth-order valence-corrected chi connectivity index (χ4v) is 2.54. The van der Waals surface area contributed by atoms with Crippen LogP contribution in [0.25, 0.3) is 11.1 Å². The summed E-state index contributed by atoms with van der Waals surface area (Å²) in [4.78, 5) is 6.77. The molecular formula is C14H18N2O2. The zero-order valence-electron chi connectivity index (χ0n) is 10.5. The van der Waals surface area contributed by atoms with Crippen LogP contribution in [0.1, 0.15) is 19.2 Å². The SMILES string of the molecule is CC1CN(Cc2nc3ccccc3o2)CCC1O. The summed E-state index contributed by atoms with van der Waals surface area (Å²) in [5, 5.41) is 9.71. The first kappa shape index (κ1) is 11.7. The molecule has 0 bridgehead atoms. The van der Waals surface area contributed by atoms with Crippen molar-refractivity contribution in [3.8, 4) is 0 Å². The molecule has 18 heavy (non-hydrogen) atoms. The highest BCUT2D eigenvalue weighted by atomic mass is 16.3. The van der Waals surface area contributed by atoms with Gasteiger partial charge in [0.2, 0.25) is 5.89 Å². The largest absolute Gasteiger partial charge is 0.439 e. The van der Waals surface area contributed by atoms with Gasteiger partial charge in [-0.15, -0.1) is 0 Å². The smallest absolute Gasteiger partial charge is 0.209 e. The first-order valence-electron chi connectivity index (χ1n) is 6.47. The van der Waals surface area contributed by atoms with Crippen molar-refractivity contribution in [3.05, 3.63) is 30.2 Å². The van der Waals surface area contributed by atoms with Gasteiger partial charge in [-0.1, -0.05) is 19.1 Å². The fraction of sp³-hybridized carbons (Fsp3) is 0.500. The van der Waals surface area contributed by atoms with Gasteiger partial charge < -0.3 is 9.52 Å². The number of hydrogen-bond donors (Lipinski definition) is 1. The van der Waals surface area contributed by atoms with Gasteiger partial charge in [0.25, 0.3) is 0 Å². The first-order valence-corrected chi connectivity index (χ1v) is 6.47. The van der Waals surface area contributed by atoms with E-state index in [1.165, 1.54) is 0 Å². The molecule has 1 aromatic carbocycles. The Balaban J connectivity index is 1.72. The minimum atomic E-state index is -0.162. The topological polar surface area (TPSA) is 49.5 Å². The number of aromatic nitrogens is 1. The summed E-state index contributed by atoms with van der Waals surface area (Å²) in [5.41, 5.74) is 1.76. The number of likely N-dealkylation sites (tertiary alicyclic amines) is 1. The molecule has 2 heterocycles. The number of nitrogens with zero attached hydrogens (tertiary/aromatic N) is 2. The molecule has 1 N–H and O–H groups in total. The maximum absolute atomic E-state index is 9.71. The van der Waals surface area contributed by atoms with Crippen molar-refractivity contribution < 1.29 is 9.52 Å². The van der Waals surface area contributed by atoms with Crippen molar-refractivity contribution in [2.24, 2.45) is 5.92 Å². The van der Waals surface area contributed by atoms with Crippen molar-refractivity contribution in [2.75, 3.05) is 13.1 Å². The molecule has 96 valence electrons. The predicted molar refractivity (Wildman–Crippen MR) is 69.1 cm³/mol. The summed E-state index contributed by atoms with van der Waals surface area (Å²) >= 11 is 0. The third-order valence-corrected chi connectivity index (χ3v) is 3.64. The average molecular weight is 246 g/mol. The van der Waals surface area contributed by atoms with E-state index in [2.05, 4.69) is 16.8 Å². The normalized spacial score (nSPS) is 25.7. The van der Waals surface area contributed by atoms with E-state index in [9.17, 15) is 5.11 Å². The predicted octanol–water partition coefficient (Wildman–Crippen LogP) is 2.03. The minimum Gasteiger partial charge on any atom is -0.439 e. The van der Waals surface area contributed by atoms with Crippen molar-refractivity contribution in [2.45, 2.75) is 26.0 Å². The molecule has 3 rings (SSSR count). The van der Waals surface area contributed by atoms with Crippen molar-refractivity contribution in [1.29, 1.82) is 0 Å². The molecule has 1 aromatic heterocycles. The average Bonchev–Trinajstić information content (AvgIpc) is 2.76. The van der Waals surface area contributed by atoms with Crippen LogP contribution in [0.3, 0.4) is 0 Å². The lowest BCUT2D eigenvalue weighted by atomic mass is 9.97. The maximum atomic E-state index is 9.71. The Hall–Kier alpha value is -1.39. The van der Waals surface area contributed by atoms with Crippen LogP contribution in [-0.2, 0) is 6.54 Å². The summed E-state index contributed by atoms with van der Waals surface area (Å²) in [6.45, 7) is 4.62. The number of fused-ring (bicyclic) bond motifs is 1. The summed E-state index contributed by atoms with van der Waals surface area (Å²) in [7, 11) is 0. The second kappa shape index (κ2) is 4.71. The number of hydrogen-bond acceptors (Lipinski definition) is 4. The van der Waals surface area contributed by atoms with Gasteiger partial charge in [0.15, 0.2) is 5.58 Å². The second-order valence-electron chi connectivity index (χ2n) is 5.14. The summed E-state index contributed by atoms with van der Waals surface area (Å²) < 4.78 is 5.72. The summed E-state index contributed by atoms with van der Waals surface area (Å²) in [5.74, 6) is 1.09. The van der Waals surface area contributed by atoms with E-state index in [1.54, 1.807) is 0 Å². The number of piperidine rings is 1. The zero-order chi connectivity index (χ0) is 12.5. The first-order chi connectivity index (χ1) is 8.72. The van der Waals surface area contributed by atoms with Crippen molar-refractivity contribution >= 4 is 11.1 Å². The van der Waals surface area contributed by atoms with Gasteiger partial charge in [0, 0.05) is 13.1 Å². The molecule has 1 aliphatic heterocycles. The van der Waals surface area contributed by atoms with Crippen LogP contribution in [0.15, 0.2) is 28.7 Å². The molecular weight excluding hydrogens is 228 g/mol. The molecule has 4 nitrogen and oxygen atoms in total. The highest BCUT2D eigenvalue weighted by Crippen LogP contribution is 2.20. The van der Waals surface area contributed by atoms with E-state index >= 15 is 0 Å². The Morgan fingerprint density at radius 1 is 1.44 bits per heavy atom. The highest BCUT2D eigenvalue weighted by molar-refractivity contribution is 5.72. The molecule has 2 aromatic rings. The zero-order valence-corrected chi connectivity index (χ0v) is 10.5. The monoisotopic (exact) mass is 246 g/mol. The minimum absolute atomic E-state index is 0.162. The van der Waals surface area contributed by atoms with Crippen LogP contribution in [-0.4, -0.2) is 34.2 Å². The van der Waals surface area contributed by atoms with Crippen LogP contribution >= 0.6 is 0 Å². The Labute approximate surface area is 106 Å². The quantitative estimate of drug-likeness (QED) is 0.881. The van der Waals surface area contributed by atoms with Crippen LogP contribution in [0.2, 0.25) is 0 Å². The third kappa shape index (κ3) is 2.26. The lowest BCUT2D eigenvalue weighted by Crippen LogP contribution is -2.41. The van der Waals surface area contributed by atoms with E-state index in [0.717, 1.165) is 43.0 Å². The molecule has 2 atom stereocenters. The second-order valence-corrected chi connectivity index (χ2v) is 5.14. The van der Waals surface area contributed by atoms with Crippen LogP contribution < -0.4 is 0 Å². The highest BCUT2D eigenvalue weighted by Gasteiger charge is 2.25. The van der Waals surface area contributed by atoms with Gasteiger partial charge in [-0.05, 0) is 24.5 Å². The molecule has 0 spiro atoms. The number of oxazole rings is 1. The molecule has 0 saturated carbocycles. The number of para-hydroxylation sites is 2. The van der Waals surface area contributed by atoms with Crippen molar-refractivity contribution in [1.82, 2.24) is 9.88 Å². The van der Waals surface area contributed by atoms with Gasteiger partial charge in [0.05, 0.1) is 12.6 Å². The van der Waals surface area contributed by atoms with Gasteiger partial charge in [0.1, 0.15) is 5.52 Å². The van der Waals surface area contributed by atoms with Crippen LogP contribution in [0, 0.1) is 5.92 Å². The Kier molecular flexibility index (Phi) is 3.06. The molecule has 2 unspecified atom stereocenters. The van der Waals surface area contributed by atoms with Crippen molar-refractivity contribution in [3.63, 3.8) is 0 Å². The Morgan fingerprint density at radius 2 is 2.28 bits per heavy atom. The number of aliphatic hydroxyl groups excluding tert-OH is 1. The number of benzene rings is 1. The van der Waals surface area contributed by atoms with E-state index in [-0.39, 0.29) is 6.10 Å². The molecule has 0 radical (unpaired) electrons. The Morgan fingerprint density at radius 3 is 3.06 bits per heavy atom. The maximum Gasteiger partial charge on any atom is 0.209 e. The lowest BCUT2D eigenvalue weighted by Gasteiger charge is -2.33. The molecule has 0 aliphatic carbocycles. The van der Waals surface area contributed by atoms with Gasteiger partial charge in [-0.2, -0.15) is 0 Å². The molecule has 1 saturated heterocycles. The van der Waals surface area contributed by atoms with Crippen LogP contribution in [0.5, 0.6) is 0 Å². The lowest BCUT2D eigenvalue weighted by molar-refractivity contribution is 0.0291. The fourth-order valence-electron chi connectivity index (χ4n) is 2.54. The van der Waals surface area contributed by atoms with E-state index in [4.69, 9.17) is 4.42 Å². The van der Waals surface area contributed by atoms with E-state index in [1.807, 2.05) is 24.3 Å². The van der Waals surface area contributed by atoms with Gasteiger partial charge in [-0.25, -0.2) is 4.98 Å². The standard InChI is InChI=1S/C14H18N2O2/c1-10-8-16(7-6-12(10)17)9-14-15-11-4-2-3-5-13(11)18-14/h2-5,10,12,17H,6-9H2,1H3. The van der Waals surface area contributed by atoms with Gasteiger partial charge in [-0.3, -0.25) is 4.90 Å². The molecule has 1 fully saturated rings. The molecule has 1 aliphatic rings. The van der Waals surface area contributed by atoms with Gasteiger partial charge >= 0.3 is 0 Å². The Bertz CT molecular complexity index is 504. The van der Waals surface area contributed by atoms with E-state index < -0.39 is 0 Å².